The van der Waals surface area contributed by atoms with Crippen LogP contribution in [-0.2, 0) is 17.8 Å². The molecular weight excluding hydrogens is 388 g/mol. The Morgan fingerprint density at radius 1 is 1.10 bits per heavy atom. The van der Waals surface area contributed by atoms with E-state index in [0.717, 1.165) is 47.7 Å². The molecule has 0 aliphatic carbocycles. The molecule has 0 radical (unpaired) electrons. The van der Waals surface area contributed by atoms with E-state index in [4.69, 9.17) is 9.47 Å². The van der Waals surface area contributed by atoms with Crippen LogP contribution in [0.4, 0.5) is 0 Å². The van der Waals surface area contributed by atoms with E-state index in [0.29, 0.717) is 12.6 Å². The Balaban J connectivity index is 1.43. The number of hydrogen-bond acceptors (Lipinski definition) is 5. The van der Waals surface area contributed by atoms with Gasteiger partial charge in [-0.05, 0) is 72.3 Å². The van der Waals surface area contributed by atoms with Crippen LogP contribution in [0.2, 0.25) is 0 Å². The highest BCUT2D eigenvalue weighted by molar-refractivity contribution is 5.87. The van der Waals surface area contributed by atoms with Gasteiger partial charge in [0, 0.05) is 36.4 Å². The van der Waals surface area contributed by atoms with E-state index in [2.05, 4.69) is 38.5 Å². The summed E-state index contributed by atoms with van der Waals surface area (Å²) in [5, 5.41) is 4.63. The van der Waals surface area contributed by atoms with Crippen LogP contribution < -0.4 is 10.1 Å². The summed E-state index contributed by atoms with van der Waals surface area (Å²) < 4.78 is 11.9. The van der Waals surface area contributed by atoms with Gasteiger partial charge in [0.25, 0.3) is 0 Å². The van der Waals surface area contributed by atoms with Gasteiger partial charge in [0.05, 0.1) is 18.6 Å². The highest BCUT2D eigenvalue weighted by Gasteiger charge is 2.24. The van der Waals surface area contributed by atoms with Gasteiger partial charge in [0.1, 0.15) is 11.4 Å². The zero-order chi connectivity index (χ0) is 20.6. The molecule has 1 fully saturated rings. The van der Waals surface area contributed by atoms with Crippen LogP contribution in [0.15, 0.2) is 55.1 Å². The average molecular weight is 412 g/mol. The van der Waals surface area contributed by atoms with Gasteiger partial charge in [-0.25, -0.2) is 4.98 Å². The lowest BCUT2D eigenvalue weighted by Crippen LogP contribution is -2.19. The SMILES string of the molecule is c1cc(Oc2c[nH]c3ncc(-c4cc5c(c([C@@H]6CCCN6)c4)COCC5)cc23)ccn1. The molecule has 4 aromatic rings. The zero-order valence-corrected chi connectivity index (χ0v) is 17.2. The predicted molar refractivity (Wildman–Crippen MR) is 119 cm³/mol. The van der Waals surface area contributed by atoms with E-state index in [1.54, 1.807) is 12.4 Å². The third-order valence-corrected chi connectivity index (χ3v) is 6.28. The molecule has 0 amide bonds. The molecule has 2 aliphatic heterocycles. The fourth-order valence-electron chi connectivity index (χ4n) is 4.69. The van der Waals surface area contributed by atoms with E-state index in [1.807, 2.05) is 24.5 Å². The molecule has 156 valence electrons. The summed E-state index contributed by atoms with van der Waals surface area (Å²) in [5.74, 6) is 1.52. The van der Waals surface area contributed by atoms with Gasteiger partial charge < -0.3 is 19.8 Å². The van der Waals surface area contributed by atoms with Gasteiger partial charge in [-0.2, -0.15) is 0 Å². The van der Waals surface area contributed by atoms with Gasteiger partial charge >= 0.3 is 0 Å². The number of nitrogens with one attached hydrogen (secondary N) is 2. The summed E-state index contributed by atoms with van der Waals surface area (Å²) in [6.45, 7) is 2.58. The van der Waals surface area contributed by atoms with Crippen molar-refractivity contribution in [2.24, 2.45) is 0 Å². The van der Waals surface area contributed by atoms with Crippen molar-refractivity contribution < 1.29 is 9.47 Å². The highest BCUT2D eigenvalue weighted by atomic mass is 16.5. The molecule has 0 saturated carbocycles. The largest absolute Gasteiger partial charge is 0.455 e. The van der Waals surface area contributed by atoms with Crippen molar-refractivity contribution in [1.29, 1.82) is 0 Å². The van der Waals surface area contributed by atoms with Crippen molar-refractivity contribution in [2.45, 2.75) is 31.9 Å². The fourth-order valence-corrected chi connectivity index (χ4v) is 4.69. The minimum Gasteiger partial charge on any atom is -0.455 e. The fraction of sp³-hybridized carbons (Fsp3) is 0.280. The molecule has 0 bridgehead atoms. The number of H-pyrrole nitrogens is 1. The second-order valence-corrected chi connectivity index (χ2v) is 8.21. The molecule has 3 aromatic heterocycles. The summed E-state index contributed by atoms with van der Waals surface area (Å²) in [7, 11) is 0. The smallest absolute Gasteiger partial charge is 0.154 e. The molecule has 1 aromatic carbocycles. The maximum atomic E-state index is 6.08. The van der Waals surface area contributed by atoms with Crippen molar-refractivity contribution in [3.05, 3.63) is 71.8 Å². The number of hydrogen-bond donors (Lipinski definition) is 2. The van der Waals surface area contributed by atoms with Gasteiger partial charge in [-0.15, -0.1) is 0 Å². The summed E-state index contributed by atoms with van der Waals surface area (Å²) in [6.07, 6.45) is 10.6. The lowest BCUT2D eigenvalue weighted by Gasteiger charge is -2.24. The number of fused-ring (bicyclic) bond motifs is 2. The van der Waals surface area contributed by atoms with E-state index in [-0.39, 0.29) is 0 Å². The number of aromatic nitrogens is 3. The standard InChI is InChI=1S/C25H24N4O2/c1-2-23(27-6-1)20-11-17(10-16-5-9-30-15-22(16)20)18-12-21-24(14-29-25(21)28-13-18)31-19-3-7-26-8-4-19/h3-4,7-8,10-14,23,27H,1-2,5-6,9,15H2,(H,28,29)/t23-/m0/s1. The topological polar surface area (TPSA) is 72.1 Å². The van der Waals surface area contributed by atoms with Gasteiger partial charge in [0.15, 0.2) is 5.75 Å². The van der Waals surface area contributed by atoms with Gasteiger partial charge in [-0.1, -0.05) is 6.07 Å². The minimum absolute atomic E-state index is 0.407. The molecule has 2 N–H and O–H groups in total. The number of pyridine rings is 2. The van der Waals surface area contributed by atoms with Crippen LogP contribution in [0.5, 0.6) is 11.5 Å². The molecule has 6 heteroatoms. The lowest BCUT2D eigenvalue weighted by molar-refractivity contribution is 0.109. The van der Waals surface area contributed by atoms with Gasteiger partial charge in [-0.3, -0.25) is 4.98 Å². The molecule has 6 nitrogen and oxygen atoms in total. The molecule has 0 unspecified atom stereocenters. The number of ether oxygens (including phenoxy) is 2. The Bertz CT molecular complexity index is 1230. The van der Waals surface area contributed by atoms with Crippen molar-refractivity contribution in [1.82, 2.24) is 20.3 Å². The summed E-state index contributed by atoms with van der Waals surface area (Å²) >= 11 is 0. The summed E-state index contributed by atoms with van der Waals surface area (Å²) in [4.78, 5) is 11.9. The van der Waals surface area contributed by atoms with Crippen LogP contribution in [0, 0.1) is 0 Å². The third-order valence-electron chi connectivity index (χ3n) is 6.28. The van der Waals surface area contributed by atoms with Crippen molar-refractivity contribution >= 4 is 11.0 Å². The normalized spacial score (nSPS) is 18.3. The first-order chi connectivity index (χ1) is 15.3. The van der Waals surface area contributed by atoms with Crippen molar-refractivity contribution in [3.63, 3.8) is 0 Å². The molecule has 31 heavy (non-hydrogen) atoms. The Kier molecular flexibility index (Phi) is 4.66. The predicted octanol–water partition coefficient (Wildman–Crippen LogP) is 4.91. The maximum Gasteiger partial charge on any atom is 0.154 e. The molecule has 1 atom stereocenters. The van der Waals surface area contributed by atoms with Crippen LogP contribution in [0.1, 0.15) is 35.6 Å². The zero-order valence-electron chi connectivity index (χ0n) is 17.2. The molecule has 1 saturated heterocycles. The van der Waals surface area contributed by atoms with E-state index in [9.17, 15) is 0 Å². The first kappa shape index (κ1) is 18.5. The molecule has 2 aliphatic rings. The monoisotopic (exact) mass is 412 g/mol. The first-order valence-corrected chi connectivity index (χ1v) is 10.9. The van der Waals surface area contributed by atoms with Crippen LogP contribution >= 0.6 is 0 Å². The Hall–Kier alpha value is -3.22. The number of nitrogens with zero attached hydrogens (tertiary/aromatic N) is 2. The summed E-state index contributed by atoms with van der Waals surface area (Å²) in [5.41, 5.74) is 7.26. The quantitative estimate of drug-likeness (QED) is 0.498. The first-order valence-electron chi connectivity index (χ1n) is 10.9. The van der Waals surface area contributed by atoms with Crippen LogP contribution in [-0.4, -0.2) is 28.1 Å². The molecular formula is C25H24N4O2. The Labute approximate surface area is 180 Å². The van der Waals surface area contributed by atoms with E-state index in [1.165, 1.54) is 35.1 Å². The number of benzene rings is 1. The van der Waals surface area contributed by atoms with Crippen LogP contribution in [0.3, 0.4) is 0 Å². The lowest BCUT2D eigenvalue weighted by atomic mass is 9.88. The van der Waals surface area contributed by atoms with Crippen LogP contribution in [0.25, 0.3) is 22.2 Å². The second kappa shape index (κ2) is 7.80. The average Bonchev–Trinajstić information content (AvgIpc) is 3.49. The van der Waals surface area contributed by atoms with E-state index < -0.39 is 0 Å². The molecule has 5 heterocycles. The molecule has 6 rings (SSSR count). The Morgan fingerprint density at radius 2 is 2.03 bits per heavy atom. The van der Waals surface area contributed by atoms with Crippen molar-refractivity contribution in [3.8, 4) is 22.6 Å². The minimum atomic E-state index is 0.407. The van der Waals surface area contributed by atoms with Crippen molar-refractivity contribution in [2.75, 3.05) is 13.2 Å². The highest BCUT2D eigenvalue weighted by Crippen LogP contribution is 2.37. The third kappa shape index (κ3) is 3.48. The van der Waals surface area contributed by atoms with E-state index >= 15 is 0 Å². The second-order valence-electron chi connectivity index (χ2n) is 8.21. The number of rotatable bonds is 4. The summed E-state index contributed by atoms with van der Waals surface area (Å²) in [6, 6.07) is 10.9. The van der Waals surface area contributed by atoms with Gasteiger partial charge in [0.2, 0.25) is 0 Å². The maximum absolute atomic E-state index is 6.08. The Morgan fingerprint density at radius 3 is 2.90 bits per heavy atom. The molecule has 0 spiro atoms. The number of aromatic amines is 1.